The fourth-order valence-corrected chi connectivity index (χ4v) is 1.92. The third-order valence-corrected chi connectivity index (χ3v) is 2.65. The van der Waals surface area contributed by atoms with E-state index in [4.69, 9.17) is 0 Å². The number of rotatable bonds is 3. The van der Waals surface area contributed by atoms with Crippen molar-refractivity contribution in [3.63, 3.8) is 0 Å². The van der Waals surface area contributed by atoms with Gasteiger partial charge in [-0.05, 0) is 38.8 Å². The predicted octanol–water partition coefficient (Wildman–Crippen LogP) is 3.57. The Morgan fingerprint density at radius 1 is 1.45 bits per heavy atom. The second-order valence-corrected chi connectivity index (χ2v) is 3.99. The summed E-state index contributed by atoms with van der Waals surface area (Å²) >= 11 is 1.90. The third kappa shape index (κ3) is 2.89. The molecule has 0 N–H and O–H groups in total. The minimum absolute atomic E-state index is 1.18. The van der Waals surface area contributed by atoms with Crippen molar-refractivity contribution in [3.8, 4) is 0 Å². The molecule has 60 valence electrons. The Morgan fingerprint density at radius 3 is 2.82 bits per heavy atom. The van der Waals surface area contributed by atoms with Crippen molar-refractivity contribution < 1.29 is 0 Å². The van der Waals surface area contributed by atoms with Crippen molar-refractivity contribution in [1.82, 2.24) is 0 Å². The monoisotopic (exact) mass is 166 g/mol. The summed E-state index contributed by atoms with van der Waals surface area (Å²) in [5, 5.41) is 0. The highest BCUT2D eigenvalue weighted by molar-refractivity contribution is 7.11. The zero-order valence-corrected chi connectivity index (χ0v) is 7.95. The van der Waals surface area contributed by atoms with E-state index in [0.717, 1.165) is 0 Å². The van der Waals surface area contributed by atoms with Crippen molar-refractivity contribution in [2.75, 3.05) is 0 Å². The Hall–Kier alpha value is -0.560. The summed E-state index contributed by atoms with van der Waals surface area (Å²) in [7, 11) is 0. The smallest absolute Gasteiger partial charge is 0.00511 e. The molecule has 0 aromatic carbocycles. The zero-order valence-electron chi connectivity index (χ0n) is 7.13. The molecule has 0 saturated carbocycles. The minimum Gasteiger partial charge on any atom is -0.146 e. The summed E-state index contributed by atoms with van der Waals surface area (Å²) in [6.45, 7) is 4.23. The minimum atomic E-state index is 1.18. The van der Waals surface area contributed by atoms with Crippen molar-refractivity contribution in [3.05, 3.63) is 34.0 Å². The summed E-state index contributed by atoms with van der Waals surface area (Å²) in [5.41, 5.74) is 0. The van der Waals surface area contributed by atoms with Crippen LogP contribution in [-0.2, 0) is 6.42 Å². The molecule has 0 spiro atoms. The number of allylic oxidation sites excluding steroid dienone is 2. The summed E-state index contributed by atoms with van der Waals surface area (Å²) in [4.78, 5) is 2.92. The lowest BCUT2D eigenvalue weighted by atomic mass is 10.2. The molecule has 0 atom stereocenters. The van der Waals surface area contributed by atoms with E-state index in [1.165, 1.54) is 22.6 Å². The third-order valence-electron chi connectivity index (χ3n) is 1.59. The van der Waals surface area contributed by atoms with Gasteiger partial charge in [-0.3, -0.25) is 0 Å². The molecule has 0 aliphatic rings. The molecular weight excluding hydrogens is 152 g/mol. The molecule has 1 rings (SSSR count). The van der Waals surface area contributed by atoms with Crippen molar-refractivity contribution in [2.45, 2.75) is 26.7 Å². The molecule has 0 nitrogen and oxygen atoms in total. The number of thiophene rings is 1. The van der Waals surface area contributed by atoms with Gasteiger partial charge in [-0.1, -0.05) is 12.2 Å². The molecule has 0 fully saturated rings. The summed E-state index contributed by atoms with van der Waals surface area (Å²) < 4.78 is 0. The van der Waals surface area contributed by atoms with Gasteiger partial charge in [0.15, 0.2) is 0 Å². The van der Waals surface area contributed by atoms with E-state index in [1.807, 2.05) is 11.3 Å². The van der Waals surface area contributed by atoms with E-state index < -0.39 is 0 Å². The van der Waals surface area contributed by atoms with Gasteiger partial charge in [0.25, 0.3) is 0 Å². The normalized spacial score (nSPS) is 11.1. The fraction of sp³-hybridized carbons (Fsp3) is 0.400. The van der Waals surface area contributed by atoms with Gasteiger partial charge in [-0.2, -0.15) is 0 Å². The second-order valence-electron chi connectivity index (χ2n) is 2.62. The number of aryl methyl sites for hydroxylation is 2. The Balaban J connectivity index is 2.38. The van der Waals surface area contributed by atoms with Crippen LogP contribution in [0.4, 0.5) is 0 Å². The maximum Gasteiger partial charge on any atom is 0.00511 e. The van der Waals surface area contributed by atoms with Gasteiger partial charge in [0, 0.05) is 9.75 Å². The lowest BCUT2D eigenvalue weighted by molar-refractivity contribution is 1.02. The molecule has 0 saturated heterocycles. The van der Waals surface area contributed by atoms with Crippen LogP contribution in [-0.4, -0.2) is 0 Å². The summed E-state index contributed by atoms with van der Waals surface area (Å²) in [6.07, 6.45) is 6.70. The lowest BCUT2D eigenvalue weighted by Gasteiger charge is -1.89. The Morgan fingerprint density at radius 2 is 2.27 bits per heavy atom. The van der Waals surface area contributed by atoms with E-state index in [1.54, 1.807) is 0 Å². The van der Waals surface area contributed by atoms with Crippen LogP contribution in [0, 0.1) is 6.92 Å². The molecule has 1 aromatic heterocycles. The fourth-order valence-electron chi connectivity index (χ4n) is 1.01. The van der Waals surface area contributed by atoms with Gasteiger partial charge < -0.3 is 0 Å². The molecule has 0 radical (unpaired) electrons. The van der Waals surface area contributed by atoms with Crippen LogP contribution in [0.5, 0.6) is 0 Å². The van der Waals surface area contributed by atoms with Gasteiger partial charge >= 0.3 is 0 Å². The van der Waals surface area contributed by atoms with Crippen LogP contribution < -0.4 is 0 Å². The lowest BCUT2D eigenvalue weighted by Crippen LogP contribution is -1.74. The molecule has 1 heterocycles. The molecule has 0 unspecified atom stereocenters. The van der Waals surface area contributed by atoms with E-state index >= 15 is 0 Å². The Kier molecular flexibility index (Phi) is 3.37. The Labute approximate surface area is 72.6 Å². The zero-order chi connectivity index (χ0) is 8.10. The topological polar surface area (TPSA) is 0 Å². The van der Waals surface area contributed by atoms with Crippen LogP contribution in [0.25, 0.3) is 0 Å². The van der Waals surface area contributed by atoms with Crippen molar-refractivity contribution in [1.29, 1.82) is 0 Å². The molecule has 1 heteroatoms. The van der Waals surface area contributed by atoms with Gasteiger partial charge in [0.05, 0.1) is 0 Å². The highest BCUT2D eigenvalue weighted by Gasteiger charge is 1.93. The molecule has 0 bridgehead atoms. The average Bonchev–Trinajstić information content (AvgIpc) is 2.37. The van der Waals surface area contributed by atoms with Crippen LogP contribution >= 0.6 is 11.3 Å². The highest BCUT2D eigenvalue weighted by Crippen LogP contribution is 2.16. The maximum absolute atomic E-state index is 2.23. The van der Waals surface area contributed by atoms with Crippen molar-refractivity contribution in [2.24, 2.45) is 0 Å². The molecule has 1 aromatic rings. The first kappa shape index (κ1) is 8.54. The standard InChI is InChI=1S/C10H14S/c1-3-4-5-6-10-8-7-9(2)11-10/h3-4,7-8H,5-6H2,1-2H3. The highest BCUT2D eigenvalue weighted by atomic mass is 32.1. The predicted molar refractivity (Wildman–Crippen MR) is 52.2 cm³/mol. The van der Waals surface area contributed by atoms with E-state index in [2.05, 4.69) is 38.1 Å². The summed E-state index contributed by atoms with van der Waals surface area (Å²) in [6, 6.07) is 4.42. The first-order chi connectivity index (χ1) is 5.33. The second kappa shape index (κ2) is 4.35. The first-order valence-electron chi connectivity index (χ1n) is 3.99. The van der Waals surface area contributed by atoms with Gasteiger partial charge in [0.2, 0.25) is 0 Å². The molecule has 0 amide bonds. The van der Waals surface area contributed by atoms with Crippen LogP contribution in [0.1, 0.15) is 23.1 Å². The molecule has 11 heavy (non-hydrogen) atoms. The van der Waals surface area contributed by atoms with Gasteiger partial charge in [0.1, 0.15) is 0 Å². The molecule has 0 aliphatic heterocycles. The summed E-state index contributed by atoms with van der Waals surface area (Å²) in [5.74, 6) is 0. The van der Waals surface area contributed by atoms with Gasteiger partial charge in [-0.15, -0.1) is 11.3 Å². The van der Waals surface area contributed by atoms with Crippen LogP contribution in [0.3, 0.4) is 0 Å². The number of hydrogen-bond donors (Lipinski definition) is 0. The average molecular weight is 166 g/mol. The van der Waals surface area contributed by atoms with Crippen molar-refractivity contribution >= 4 is 11.3 Å². The molecule has 0 aliphatic carbocycles. The van der Waals surface area contributed by atoms with Crippen LogP contribution in [0.15, 0.2) is 24.3 Å². The van der Waals surface area contributed by atoms with Gasteiger partial charge in [-0.25, -0.2) is 0 Å². The quantitative estimate of drug-likeness (QED) is 0.602. The van der Waals surface area contributed by atoms with E-state index in [9.17, 15) is 0 Å². The van der Waals surface area contributed by atoms with E-state index in [0.29, 0.717) is 0 Å². The first-order valence-corrected chi connectivity index (χ1v) is 4.81. The Bertz CT molecular complexity index is 233. The largest absolute Gasteiger partial charge is 0.146 e. The van der Waals surface area contributed by atoms with Crippen LogP contribution in [0.2, 0.25) is 0 Å². The SMILES string of the molecule is CC=CCCc1ccc(C)s1. The maximum atomic E-state index is 2.23. The number of hydrogen-bond acceptors (Lipinski definition) is 1. The molecular formula is C10H14S. The van der Waals surface area contributed by atoms with E-state index in [-0.39, 0.29) is 0 Å².